The van der Waals surface area contributed by atoms with Crippen molar-refractivity contribution in [3.8, 4) is 11.1 Å². The molecule has 0 aliphatic carbocycles. The van der Waals surface area contributed by atoms with Crippen LogP contribution in [0.4, 0.5) is 4.79 Å². The average molecular weight is 676 g/mol. The molecule has 2 amide bonds. The lowest BCUT2D eigenvalue weighted by molar-refractivity contribution is -0.245. The van der Waals surface area contributed by atoms with E-state index in [4.69, 9.17) is 9.47 Å². The third-order valence-corrected chi connectivity index (χ3v) is 9.33. The van der Waals surface area contributed by atoms with Gasteiger partial charge in [-0.3, -0.25) is 0 Å². The molecule has 0 unspecified atom stereocenters. The summed E-state index contributed by atoms with van der Waals surface area (Å²) < 4.78 is 13.1. The summed E-state index contributed by atoms with van der Waals surface area (Å²) in [6, 6.07) is 36.4. The SMILES string of the molecule is O=C(NCc1ccccc1)NCc1cccc(-c2cccc([C@@H]3O[C@H](CSc4ncccc4C(=O)O)C[C@H](c4ccc(CO)cc4)O3)c2)c1. The highest BCUT2D eigenvalue weighted by atomic mass is 32.2. The van der Waals surface area contributed by atoms with Crippen LogP contribution in [0.25, 0.3) is 11.1 Å². The van der Waals surface area contributed by atoms with Crippen LogP contribution < -0.4 is 10.6 Å². The Balaban J connectivity index is 1.17. The molecular weight excluding hydrogens is 639 g/mol. The number of hydrogen-bond donors (Lipinski definition) is 4. The molecule has 0 saturated carbocycles. The van der Waals surface area contributed by atoms with Crippen LogP contribution >= 0.6 is 11.8 Å². The van der Waals surface area contributed by atoms with Crippen molar-refractivity contribution in [2.75, 3.05) is 5.75 Å². The van der Waals surface area contributed by atoms with Crippen molar-refractivity contribution in [3.05, 3.63) is 155 Å². The van der Waals surface area contributed by atoms with E-state index in [-0.39, 0.29) is 30.4 Å². The first-order chi connectivity index (χ1) is 23.9. The van der Waals surface area contributed by atoms with E-state index in [1.807, 2.05) is 97.1 Å². The summed E-state index contributed by atoms with van der Waals surface area (Å²) in [7, 11) is 0. The number of aliphatic hydroxyl groups excluding tert-OH is 1. The molecule has 1 aliphatic rings. The monoisotopic (exact) mass is 675 g/mol. The predicted octanol–water partition coefficient (Wildman–Crippen LogP) is 7.28. The Morgan fingerprint density at radius 3 is 2.22 bits per heavy atom. The van der Waals surface area contributed by atoms with Crippen LogP contribution in [0, 0.1) is 0 Å². The highest BCUT2D eigenvalue weighted by molar-refractivity contribution is 7.99. The molecule has 1 saturated heterocycles. The summed E-state index contributed by atoms with van der Waals surface area (Å²) >= 11 is 1.35. The van der Waals surface area contributed by atoms with E-state index in [0.717, 1.165) is 38.9 Å². The molecule has 6 rings (SSSR count). The maximum atomic E-state index is 12.4. The van der Waals surface area contributed by atoms with Gasteiger partial charge in [-0.1, -0.05) is 91.0 Å². The average Bonchev–Trinajstić information content (AvgIpc) is 3.16. The Morgan fingerprint density at radius 1 is 0.755 bits per heavy atom. The Bertz CT molecular complexity index is 1870. The van der Waals surface area contributed by atoms with Crippen LogP contribution in [0.5, 0.6) is 0 Å². The number of pyridine rings is 1. The first-order valence-corrected chi connectivity index (χ1v) is 17.0. The second-order valence-electron chi connectivity index (χ2n) is 11.7. The number of aromatic nitrogens is 1. The number of carboxylic acid groups (broad SMARTS) is 1. The number of benzene rings is 4. The van der Waals surface area contributed by atoms with Gasteiger partial charge in [0.15, 0.2) is 6.29 Å². The summed E-state index contributed by atoms with van der Waals surface area (Å²) in [5.41, 5.74) is 6.73. The normalized spacial score (nSPS) is 17.3. The zero-order valence-electron chi connectivity index (χ0n) is 26.7. The first-order valence-electron chi connectivity index (χ1n) is 16.0. The van der Waals surface area contributed by atoms with Crippen LogP contribution in [0.15, 0.2) is 126 Å². The summed E-state index contributed by atoms with van der Waals surface area (Å²) in [6.45, 7) is 0.781. The van der Waals surface area contributed by atoms with Crippen LogP contribution in [-0.2, 0) is 29.2 Å². The van der Waals surface area contributed by atoms with E-state index in [1.54, 1.807) is 18.3 Å². The van der Waals surface area contributed by atoms with Gasteiger partial charge in [-0.25, -0.2) is 14.6 Å². The topological polar surface area (TPSA) is 130 Å². The van der Waals surface area contributed by atoms with Crippen molar-refractivity contribution in [3.63, 3.8) is 0 Å². The number of hydrogen-bond acceptors (Lipinski definition) is 7. The number of amides is 2. The van der Waals surface area contributed by atoms with E-state index in [9.17, 15) is 19.8 Å². The van der Waals surface area contributed by atoms with Crippen molar-refractivity contribution in [1.82, 2.24) is 15.6 Å². The van der Waals surface area contributed by atoms with Crippen LogP contribution in [0.1, 0.15) is 57.0 Å². The second-order valence-corrected chi connectivity index (χ2v) is 12.7. The van der Waals surface area contributed by atoms with Crippen molar-refractivity contribution >= 4 is 23.8 Å². The van der Waals surface area contributed by atoms with E-state index in [1.165, 1.54) is 11.8 Å². The molecule has 0 bridgehead atoms. The molecule has 1 aromatic heterocycles. The lowest BCUT2D eigenvalue weighted by atomic mass is 9.99. The van der Waals surface area contributed by atoms with Crippen molar-refractivity contribution in [1.29, 1.82) is 0 Å². The van der Waals surface area contributed by atoms with E-state index in [0.29, 0.717) is 30.3 Å². The quantitative estimate of drug-likeness (QED) is 0.102. The van der Waals surface area contributed by atoms with Crippen LogP contribution in [-0.4, -0.2) is 39.1 Å². The molecule has 2 heterocycles. The Hall–Kier alpha value is -5.00. The number of urea groups is 1. The van der Waals surface area contributed by atoms with Gasteiger partial charge in [0, 0.05) is 37.0 Å². The number of aromatic carboxylic acids is 1. The second kappa shape index (κ2) is 16.4. The largest absolute Gasteiger partial charge is 0.478 e. The number of ether oxygens (including phenoxy) is 2. The van der Waals surface area contributed by atoms with Crippen molar-refractivity contribution in [2.45, 2.75) is 49.6 Å². The molecule has 5 aromatic rings. The minimum absolute atomic E-state index is 0.0434. The number of carboxylic acids is 1. The maximum absolute atomic E-state index is 12.4. The van der Waals surface area contributed by atoms with Gasteiger partial charge in [-0.15, -0.1) is 11.8 Å². The van der Waals surface area contributed by atoms with Gasteiger partial charge in [-0.05, 0) is 57.6 Å². The highest BCUT2D eigenvalue weighted by Crippen LogP contribution is 2.40. The lowest BCUT2D eigenvalue weighted by Gasteiger charge is -2.36. The highest BCUT2D eigenvalue weighted by Gasteiger charge is 2.33. The number of nitrogens with zero attached hydrogens (tertiary/aromatic N) is 1. The van der Waals surface area contributed by atoms with Gasteiger partial charge in [0.05, 0.1) is 24.4 Å². The maximum Gasteiger partial charge on any atom is 0.338 e. The Kier molecular flexibility index (Phi) is 11.3. The smallest absolute Gasteiger partial charge is 0.338 e. The standard InChI is InChI=1S/C39H37N3O6S/c43-24-27-14-16-29(17-15-27)35-21-33(25-49-36-34(37(44)45)13-6-18-40-36)47-38(48-35)32-12-5-11-31(20-32)30-10-4-9-28(19-30)23-42-39(46)41-22-26-7-2-1-3-8-26/h1-20,33,35,38,43H,21-25H2,(H,44,45)(H2,41,42,46)/t33-,35+,38+/m0/s1. The molecule has 10 heteroatoms. The third-order valence-electron chi connectivity index (χ3n) is 8.19. The molecule has 0 radical (unpaired) electrons. The zero-order valence-corrected chi connectivity index (χ0v) is 27.5. The van der Waals surface area contributed by atoms with Gasteiger partial charge in [-0.2, -0.15) is 0 Å². The van der Waals surface area contributed by atoms with Gasteiger partial charge in [0.2, 0.25) is 0 Å². The van der Waals surface area contributed by atoms with Gasteiger partial charge < -0.3 is 30.3 Å². The minimum Gasteiger partial charge on any atom is -0.478 e. The van der Waals surface area contributed by atoms with Gasteiger partial charge >= 0.3 is 12.0 Å². The van der Waals surface area contributed by atoms with Crippen LogP contribution in [0.2, 0.25) is 0 Å². The minimum atomic E-state index is -1.02. The first kappa shape index (κ1) is 33.9. The summed E-state index contributed by atoms with van der Waals surface area (Å²) in [5.74, 6) is -0.540. The number of rotatable bonds is 12. The molecule has 1 aliphatic heterocycles. The fraction of sp³-hybridized carbons (Fsp3) is 0.205. The lowest BCUT2D eigenvalue weighted by Crippen LogP contribution is -2.34. The van der Waals surface area contributed by atoms with Gasteiger partial charge in [0.1, 0.15) is 5.03 Å². The van der Waals surface area contributed by atoms with E-state index < -0.39 is 12.3 Å². The molecule has 9 nitrogen and oxygen atoms in total. The molecule has 4 N–H and O–H groups in total. The summed E-state index contributed by atoms with van der Waals surface area (Å²) in [4.78, 5) is 28.5. The zero-order chi connectivity index (χ0) is 34.0. The Morgan fingerprint density at radius 2 is 1.47 bits per heavy atom. The van der Waals surface area contributed by atoms with E-state index in [2.05, 4.69) is 21.7 Å². The molecular formula is C39H37N3O6S. The summed E-state index contributed by atoms with van der Waals surface area (Å²) in [5, 5.41) is 25.4. The Labute approximate surface area is 289 Å². The number of carbonyl (C=O) groups is 2. The summed E-state index contributed by atoms with van der Waals surface area (Å²) in [6.07, 6.45) is 0.922. The molecule has 1 fully saturated rings. The third kappa shape index (κ3) is 9.13. The molecule has 4 aromatic carbocycles. The van der Waals surface area contributed by atoms with Crippen LogP contribution in [0.3, 0.4) is 0 Å². The molecule has 49 heavy (non-hydrogen) atoms. The molecule has 3 atom stereocenters. The van der Waals surface area contributed by atoms with E-state index >= 15 is 0 Å². The van der Waals surface area contributed by atoms with Crippen molar-refractivity contribution < 1.29 is 29.3 Å². The molecule has 0 spiro atoms. The van der Waals surface area contributed by atoms with Gasteiger partial charge in [0.25, 0.3) is 0 Å². The van der Waals surface area contributed by atoms with Crippen molar-refractivity contribution in [2.24, 2.45) is 0 Å². The number of aliphatic hydroxyl groups is 1. The number of carbonyl (C=O) groups excluding carboxylic acids is 1. The number of nitrogens with one attached hydrogen (secondary N) is 2. The number of thioether (sulfide) groups is 1. The fourth-order valence-electron chi connectivity index (χ4n) is 5.61. The molecule has 250 valence electrons. The fourth-order valence-corrected chi connectivity index (χ4v) is 6.62. The predicted molar refractivity (Wildman–Crippen MR) is 188 cm³/mol.